The first kappa shape index (κ1) is 21.6. The highest BCUT2D eigenvalue weighted by Crippen LogP contribution is 2.49. The zero-order chi connectivity index (χ0) is 23.2. The molecule has 5 rings (SSSR count). The van der Waals surface area contributed by atoms with E-state index in [1.807, 2.05) is 17.0 Å². The van der Waals surface area contributed by atoms with Crippen LogP contribution in [-0.2, 0) is 20.9 Å². The molecule has 0 unspecified atom stereocenters. The van der Waals surface area contributed by atoms with Crippen molar-refractivity contribution in [2.45, 2.75) is 64.6 Å². The Balaban J connectivity index is 1.21. The second-order valence-corrected chi connectivity index (χ2v) is 9.44. The van der Waals surface area contributed by atoms with E-state index in [9.17, 15) is 9.59 Å². The number of nitrogens with zero attached hydrogens (tertiary/aromatic N) is 8. The first-order valence-corrected chi connectivity index (χ1v) is 11.3. The van der Waals surface area contributed by atoms with Crippen LogP contribution < -0.4 is 0 Å². The van der Waals surface area contributed by atoms with Gasteiger partial charge in [0.15, 0.2) is 5.82 Å². The van der Waals surface area contributed by atoms with Crippen LogP contribution in [0.4, 0.5) is 0 Å². The first-order chi connectivity index (χ1) is 15.9. The summed E-state index contributed by atoms with van der Waals surface area (Å²) in [5.41, 5.74) is 1.85. The molecule has 1 aliphatic carbocycles. The van der Waals surface area contributed by atoms with Crippen LogP contribution in [0.5, 0.6) is 0 Å². The molecular weight excluding hydrogens is 424 g/mol. The number of hydrogen-bond donors (Lipinski definition) is 0. The van der Waals surface area contributed by atoms with Crippen LogP contribution in [0.15, 0.2) is 29.7 Å². The van der Waals surface area contributed by atoms with E-state index >= 15 is 0 Å². The molecule has 3 aliphatic rings. The Labute approximate surface area is 191 Å². The molecule has 2 aliphatic heterocycles. The van der Waals surface area contributed by atoms with Gasteiger partial charge in [0, 0.05) is 18.6 Å². The lowest BCUT2D eigenvalue weighted by molar-refractivity contribution is -0.139. The van der Waals surface area contributed by atoms with Gasteiger partial charge in [-0.15, -0.1) is 10.2 Å². The Hall–Kier alpha value is -3.21. The number of tetrazole rings is 1. The van der Waals surface area contributed by atoms with Gasteiger partial charge in [-0.1, -0.05) is 0 Å². The largest absolute Gasteiger partial charge is 0.456 e. The molecule has 0 radical (unpaired) electrons. The highest BCUT2D eigenvalue weighted by molar-refractivity contribution is 5.94. The highest BCUT2D eigenvalue weighted by Gasteiger charge is 2.53. The zero-order valence-electron chi connectivity index (χ0n) is 19.1. The molecule has 0 bridgehead atoms. The van der Waals surface area contributed by atoms with E-state index in [1.165, 1.54) is 11.0 Å². The van der Waals surface area contributed by atoms with Gasteiger partial charge >= 0.3 is 5.97 Å². The van der Waals surface area contributed by atoms with Crippen molar-refractivity contribution in [1.82, 2.24) is 40.2 Å². The molecule has 2 aromatic heterocycles. The average Bonchev–Trinajstić information content (AvgIpc) is 3.51. The van der Waals surface area contributed by atoms with Crippen LogP contribution in [0.25, 0.3) is 5.82 Å². The first-order valence-electron chi connectivity index (χ1n) is 11.3. The zero-order valence-corrected chi connectivity index (χ0v) is 19.1. The van der Waals surface area contributed by atoms with Crippen LogP contribution in [0.1, 0.15) is 51.6 Å². The second-order valence-electron chi connectivity index (χ2n) is 9.44. The van der Waals surface area contributed by atoms with Gasteiger partial charge in [-0.3, -0.25) is 9.69 Å². The van der Waals surface area contributed by atoms with E-state index in [2.05, 4.69) is 44.6 Å². The number of hydrogen-bond acceptors (Lipinski definition) is 9. The fourth-order valence-electron chi connectivity index (χ4n) is 5.53. The third kappa shape index (κ3) is 3.79. The van der Waals surface area contributed by atoms with Crippen molar-refractivity contribution >= 4 is 11.9 Å². The number of aromatic nitrogens is 6. The topological polar surface area (TPSA) is 119 Å². The van der Waals surface area contributed by atoms with E-state index in [0.29, 0.717) is 24.0 Å². The van der Waals surface area contributed by atoms with E-state index in [-0.39, 0.29) is 29.9 Å². The van der Waals surface area contributed by atoms with Crippen LogP contribution in [0.2, 0.25) is 0 Å². The molecule has 1 atom stereocenters. The number of carbonyl (C=O) groups is 2. The Morgan fingerprint density at radius 2 is 2.00 bits per heavy atom. The summed E-state index contributed by atoms with van der Waals surface area (Å²) in [5, 5.41) is 19.6. The van der Waals surface area contributed by atoms with E-state index in [1.54, 1.807) is 6.92 Å². The maximum absolute atomic E-state index is 13.5. The predicted octanol–water partition coefficient (Wildman–Crippen LogP) is 1.26. The van der Waals surface area contributed by atoms with Gasteiger partial charge < -0.3 is 9.64 Å². The van der Waals surface area contributed by atoms with Gasteiger partial charge in [-0.2, -0.15) is 9.78 Å². The number of rotatable bonds is 5. The van der Waals surface area contributed by atoms with Gasteiger partial charge in [0.1, 0.15) is 12.9 Å². The Morgan fingerprint density at radius 3 is 2.61 bits per heavy atom. The molecule has 2 aromatic rings. The minimum Gasteiger partial charge on any atom is -0.456 e. The van der Waals surface area contributed by atoms with E-state index < -0.39 is 0 Å². The Morgan fingerprint density at radius 1 is 1.21 bits per heavy atom. The molecule has 1 amide bonds. The minimum absolute atomic E-state index is 0.0835. The molecule has 0 aromatic carbocycles. The molecule has 2 fully saturated rings. The molecule has 11 heteroatoms. The molecule has 1 saturated carbocycles. The number of cyclic esters (lactones) is 1. The molecule has 11 nitrogen and oxygen atoms in total. The SMILES string of the molecule is CC1=C(N2C(=O)C3(CCC(N(C)Cc4ccc(-n5cnnn5)nn4)CC3)C[C@@H]2C)COC1=O. The maximum atomic E-state index is 13.5. The smallest absolute Gasteiger partial charge is 0.336 e. The summed E-state index contributed by atoms with van der Waals surface area (Å²) in [6, 6.07) is 4.25. The van der Waals surface area contributed by atoms with Crippen molar-refractivity contribution in [2.24, 2.45) is 5.41 Å². The summed E-state index contributed by atoms with van der Waals surface area (Å²) in [4.78, 5) is 29.5. The molecule has 33 heavy (non-hydrogen) atoms. The summed E-state index contributed by atoms with van der Waals surface area (Å²) in [5.74, 6) is 0.419. The normalized spacial score (nSPS) is 27.8. The predicted molar refractivity (Wildman–Crippen MR) is 115 cm³/mol. The monoisotopic (exact) mass is 452 g/mol. The number of carbonyl (C=O) groups excluding carboxylic acids is 2. The third-order valence-corrected chi connectivity index (χ3v) is 7.41. The van der Waals surface area contributed by atoms with Crippen molar-refractivity contribution < 1.29 is 14.3 Å². The van der Waals surface area contributed by atoms with Crippen molar-refractivity contribution in [3.8, 4) is 5.82 Å². The quantitative estimate of drug-likeness (QED) is 0.618. The molecule has 174 valence electrons. The molecule has 1 saturated heterocycles. The minimum atomic E-state index is -0.330. The highest BCUT2D eigenvalue weighted by atomic mass is 16.5. The Kier molecular flexibility index (Phi) is 5.43. The fourth-order valence-corrected chi connectivity index (χ4v) is 5.53. The molecule has 0 N–H and O–H groups in total. The van der Waals surface area contributed by atoms with Gasteiger partial charge in [0.25, 0.3) is 0 Å². The summed E-state index contributed by atoms with van der Waals surface area (Å²) in [6.07, 6.45) is 5.92. The summed E-state index contributed by atoms with van der Waals surface area (Å²) < 4.78 is 6.63. The average molecular weight is 453 g/mol. The van der Waals surface area contributed by atoms with Gasteiger partial charge in [-0.25, -0.2) is 4.79 Å². The van der Waals surface area contributed by atoms with E-state index in [4.69, 9.17) is 4.74 Å². The van der Waals surface area contributed by atoms with Crippen LogP contribution in [0, 0.1) is 5.41 Å². The number of ether oxygens (including phenoxy) is 1. The lowest BCUT2D eigenvalue weighted by atomic mass is 9.70. The van der Waals surface area contributed by atoms with Gasteiger partial charge in [0.05, 0.1) is 22.4 Å². The van der Waals surface area contributed by atoms with Crippen LogP contribution in [0.3, 0.4) is 0 Å². The van der Waals surface area contributed by atoms with Gasteiger partial charge in [-0.05, 0) is 75.6 Å². The molecule has 4 heterocycles. The van der Waals surface area contributed by atoms with Crippen molar-refractivity contribution in [2.75, 3.05) is 13.7 Å². The Bertz CT molecular complexity index is 1070. The molecular formula is C22H28N8O3. The third-order valence-electron chi connectivity index (χ3n) is 7.41. The summed E-state index contributed by atoms with van der Waals surface area (Å²) >= 11 is 0. The summed E-state index contributed by atoms with van der Waals surface area (Å²) in [6.45, 7) is 4.71. The van der Waals surface area contributed by atoms with Crippen molar-refractivity contribution in [1.29, 1.82) is 0 Å². The lowest BCUT2D eigenvalue weighted by Gasteiger charge is -2.39. The molecule has 1 spiro atoms. The van der Waals surface area contributed by atoms with E-state index in [0.717, 1.165) is 43.5 Å². The lowest BCUT2D eigenvalue weighted by Crippen LogP contribution is -2.42. The maximum Gasteiger partial charge on any atom is 0.336 e. The van der Waals surface area contributed by atoms with Crippen molar-refractivity contribution in [3.05, 3.63) is 35.4 Å². The van der Waals surface area contributed by atoms with Crippen LogP contribution in [-0.4, -0.2) is 77.8 Å². The number of likely N-dealkylation sites (tertiary alicyclic amines) is 1. The fraction of sp³-hybridized carbons (Fsp3) is 0.591. The van der Waals surface area contributed by atoms with Crippen molar-refractivity contribution in [3.63, 3.8) is 0 Å². The van der Waals surface area contributed by atoms with Crippen LogP contribution >= 0.6 is 0 Å². The standard InChI is InChI=1S/C22H28N8O3/c1-14-10-22(21(32)30(14)18-12-33-20(31)15(18)2)8-6-17(7-9-22)28(3)11-16-4-5-19(25-24-16)29-13-23-26-27-29/h4-5,13-14,17H,6-12H2,1-3H3/t14-,17?,22?/m0/s1. The second kappa shape index (κ2) is 8.29. The number of amides is 1. The summed E-state index contributed by atoms with van der Waals surface area (Å²) in [7, 11) is 2.10. The van der Waals surface area contributed by atoms with Gasteiger partial charge in [0.2, 0.25) is 5.91 Å². The number of esters is 1.